The van der Waals surface area contributed by atoms with Crippen molar-refractivity contribution in [2.24, 2.45) is 5.92 Å². The van der Waals surface area contributed by atoms with Gasteiger partial charge in [0, 0.05) is 0 Å². The third-order valence-electron chi connectivity index (χ3n) is 3.57. The van der Waals surface area contributed by atoms with Crippen molar-refractivity contribution in [3.8, 4) is 5.75 Å². The Hall–Kier alpha value is -1.35. The van der Waals surface area contributed by atoms with Crippen molar-refractivity contribution < 1.29 is 14.2 Å². The lowest BCUT2D eigenvalue weighted by atomic mass is 10.1. The van der Waals surface area contributed by atoms with Gasteiger partial charge in [0.2, 0.25) is 0 Å². The highest BCUT2D eigenvalue weighted by Crippen LogP contribution is 2.40. The number of halogens is 1. The molecule has 17 heavy (non-hydrogen) atoms. The standard InChI is InChI=1S/C14H15FO2/c15-11-1-3-13(4-2-11)17-14-7-9-5-12(16)6-10(9)8-14/h1-4,7,10,12,14,16H,5-6,8H2/t10-,12+,14?/m1/s1. The lowest BCUT2D eigenvalue weighted by Gasteiger charge is -2.14. The first-order chi connectivity index (χ1) is 8.20. The smallest absolute Gasteiger partial charge is 0.123 e. The molecule has 0 aromatic heterocycles. The molecule has 2 aliphatic carbocycles. The maximum atomic E-state index is 12.7. The molecule has 0 spiro atoms. The number of fused-ring (bicyclic) bond motifs is 1. The third-order valence-corrected chi connectivity index (χ3v) is 3.57. The average molecular weight is 234 g/mol. The monoisotopic (exact) mass is 234 g/mol. The zero-order chi connectivity index (χ0) is 11.8. The molecule has 1 saturated carbocycles. The van der Waals surface area contributed by atoms with E-state index >= 15 is 0 Å². The number of aliphatic hydroxyl groups is 1. The van der Waals surface area contributed by atoms with Gasteiger partial charge in [0.05, 0.1) is 6.10 Å². The molecular weight excluding hydrogens is 219 g/mol. The maximum Gasteiger partial charge on any atom is 0.123 e. The van der Waals surface area contributed by atoms with E-state index in [9.17, 15) is 9.50 Å². The highest BCUT2D eigenvalue weighted by Gasteiger charge is 2.35. The molecule has 1 N–H and O–H groups in total. The van der Waals surface area contributed by atoms with Crippen molar-refractivity contribution in [3.05, 3.63) is 41.7 Å². The van der Waals surface area contributed by atoms with E-state index in [1.807, 2.05) is 0 Å². The Morgan fingerprint density at radius 3 is 2.65 bits per heavy atom. The molecule has 1 aromatic carbocycles. The van der Waals surface area contributed by atoms with Gasteiger partial charge < -0.3 is 9.84 Å². The van der Waals surface area contributed by atoms with E-state index in [1.54, 1.807) is 12.1 Å². The molecule has 2 nitrogen and oxygen atoms in total. The summed E-state index contributed by atoms with van der Waals surface area (Å²) in [6.07, 6.45) is 4.60. The molecule has 3 heteroatoms. The number of ether oxygens (including phenoxy) is 1. The zero-order valence-corrected chi connectivity index (χ0v) is 9.47. The summed E-state index contributed by atoms with van der Waals surface area (Å²) in [4.78, 5) is 0. The molecule has 1 unspecified atom stereocenters. The highest BCUT2D eigenvalue weighted by atomic mass is 19.1. The van der Waals surface area contributed by atoms with Crippen LogP contribution < -0.4 is 4.74 Å². The molecule has 0 aliphatic heterocycles. The third kappa shape index (κ3) is 2.20. The van der Waals surface area contributed by atoms with Crippen LogP contribution in [0, 0.1) is 11.7 Å². The van der Waals surface area contributed by atoms with Crippen LogP contribution >= 0.6 is 0 Å². The highest BCUT2D eigenvalue weighted by molar-refractivity contribution is 5.26. The Labute approximate surface area is 99.7 Å². The molecular formula is C14H15FO2. The Morgan fingerprint density at radius 2 is 1.94 bits per heavy atom. The Kier molecular flexibility index (Phi) is 2.63. The van der Waals surface area contributed by atoms with Gasteiger partial charge in [-0.05, 0) is 55.5 Å². The average Bonchev–Trinajstić information content (AvgIpc) is 2.78. The summed E-state index contributed by atoms with van der Waals surface area (Å²) >= 11 is 0. The second-order valence-corrected chi connectivity index (χ2v) is 4.88. The van der Waals surface area contributed by atoms with Crippen molar-refractivity contribution in [2.45, 2.75) is 31.5 Å². The topological polar surface area (TPSA) is 29.5 Å². The van der Waals surface area contributed by atoms with Gasteiger partial charge in [-0.3, -0.25) is 0 Å². The van der Waals surface area contributed by atoms with Crippen LogP contribution in [0.1, 0.15) is 19.3 Å². The van der Waals surface area contributed by atoms with Crippen LogP contribution in [0.5, 0.6) is 5.75 Å². The fraction of sp³-hybridized carbons (Fsp3) is 0.429. The summed E-state index contributed by atoms with van der Waals surface area (Å²) < 4.78 is 18.5. The quantitative estimate of drug-likeness (QED) is 0.797. The van der Waals surface area contributed by atoms with Gasteiger partial charge >= 0.3 is 0 Å². The van der Waals surface area contributed by atoms with Gasteiger partial charge in [0.25, 0.3) is 0 Å². The predicted molar refractivity (Wildman–Crippen MR) is 62.2 cm³/mol. The van der Waals surface area contributed by atoms with Crippen molar-refractivity contribution in [1.82, 2.24) is 0 Å². The van der Waals surface area contributed by atoms with E-state index < -0.39 is 0 Å². The van der Waals surface area contributed by atoms with Crippen LogP contribution in [0.2, 0.25) is 0 Å². The van der Waals surface area contributed by atoms with Crippen LogP contribution in [0.4, 0.5) is 4.39 Å². The van der Waals surface area contributed by atoms with Crippen molar-refractivity contribution in [1.29, 1.82) is 0 Å². The second kappa shape index (κ2) is 4.15. The number of hydrogen-bond donors (Lipinski definition) is 1. The molecule has 2 aliphatic rings. The van der Waals surface area contributed by atoms with Gasteiger partial charge in [0.15, 0.2) is 0 Å². The molecule has 3 rings (SSSR count). The van der Waals surface area contributed by atoms with E-state index in [0.717, 1.165) is 19.3 Å². The molecule has 0 radical (unpaired) electrons. The van der Waals surface area contributed by atoms with Crippen LogP contribution in [0.25, 0.3) is 0 Å². The second-order valence-electron chi connectivity index (χ2n) is 4.88. The minimum Gasteiger partial charge on any atom is -0.486 e. The molecule has 3 atom stereocenters. The Morgan fingerprint density at radius 1 is 1.18 bits per heavy atom. The lowest BCUT2D eigenvalue weighted by molar-refractivity contribution is 0.167. The first-order valence-electron chi connectivity index (χ1n) is 6.01. The van der Waals surface area contributed by atoms with Gasteiger partial charge in [-0.1, -0.05) is 5.57 Å². The van der Waals surface area contributed by atoms with E-state index in [0.29, 0.717) is 11.7 Å². The summed E-state index contributed by atoms with van der Waals surface area (Å²) in [6, 6.07) is 6.11. The Bertz CT molecular complexity index is 438. The van der Waals surface area contributed by atoms with E-state index in [4.69, 9.17) is 4.74 Å². The molecule has 1 fully saturated rings. The first kappa shape index (κ1) is 10.8. The molecule has 1 aromatic rings. The van der Waals surface area contributed by atoms with E-state index in [-0.39, 0.29) is 18.0 Å². The predicted octanol–water partition coefficient (Wildman–Crippen LogP) is 2.67. The van der Waals surface area contributed by atoms with E-state index in [2.05, 4.69) is 6.08 Å². The molecule has 0 saturated heterocycles. The molecule has 0 bridgehead atoms. The molecule has 90 valence electrons. The fourth-order valence-electron chi connectivity index (χ4n) is 2.81. The number of benzene rings is 1. The normalized spacial score (nSPS) is 31.2. The maximum absolute atomic E-state index is 12.7. The zero-order valence-electron chi connectivity index (χ0n) is 9.47. The van der Waals surface area contributed by atoms with Crippen molar-refractivity contribution >= 4 is 0 Å². The van der Waals surface area contributed by atoms with Crippen LogP contribution in [0.15, 0.2) is 35.9 Å². The fourth-order valence-corrected chi connectivity index (χ4v) is 2.81. The summed E-state index contributed by atoms with van der Waals surface area (Å²) in [7, 11) is 0. The van der Waals surface area contributed by atoms with Gasteiger partial charge in [-0.15, -0.1) is 0 Å². The van der Waals surface area contributed by atoms with Crippen LogP contribution in [-0.2, 0) is 0 Å². The van der Waals surface area contributed by atoms with Gasteiger partial charge in [-0.2, -0.15) is 0 Å². The van der Waals surface area contributed by atoms with Gasteiger partial charge in [-0.25, -0.2) is 4.39 Å². The van der Waals surface area contributed by atoms with Crippen molar-refractivity contribution in [2.75, 3.05) is 0 Å². The van der Waals surface area contributed by atoms with Crippen LogP contribution in [0.3, 0.4) is 0 Å². The largest absolute Gasteiger partial charge is 0.486 e. The Balaban J connectivity index is 1.67. The molecule has 0 amide bonds. The SMILES string of the molecule is O[C@H]1CC2=CC(Oc3ccc(F)cc3)C[C@H]2C1. The molecule has 0 heterocycles. The number of aliphatic hydroxyl groups excluding tert-OH is 1. The summed E-state index contributed by atoms with van der Waals surface area (Å²) in [6.45, 7) is 0. The minimum absolute atomic E-state index is 0.0768. The minimum atomic E-state index is -0.248. The van der Waals surface area contributed by atoms with Gasteiger partial charge in [0.1, 0.15) is 17.7 Å². The van der Waals surface area contributed by atoms with Crippen molar-refractivity contribution in [3.63, 3.8) is 0 Å². The lowest BCUT2D eigenvalue weighted by Crippen LogP contribution is -2.13. The number of rotatable bonds is 2. The number of hydrogen-bond acceptors (Lipinski definition) is 2. The van der Waals surface area contributed by atoms with E-state index in [1.165, 1.54) is 17.7 Å². The first-order valence-corrected chi connectivity index (χ1v) is 6.01. The summed E-state index contributed by atoms with van der Waals surface area (Å²) in [5.41, 5.74) is 1.32. The summed E-state index contributed by atoms with van der Waals surface area (Å²) in [5, 5.41) is 9.52. The van der Waals surface area contributed by atoms with Crippen LogP contribution in [-0.4, -0.2) is 17.3 Å². The summed E-state index contributed by atoms with van der Waals surface area (Å²) in [5.74, 6) is 0.936.